The van der Waals surface area contributed by atoms with Crippen LogP contribution in [0.1, 0.15) is 18.9 Å². The number of fused-ring (bicyclic) bond motifs is 1. The number of hydrogen-bond acceptors (Lipinski definition) is 4. The minimum atomic E-state index is 0.854. The van der Waals surface area contributed by atoms with Crippen LogP contribution in [0.3, 0.4) is 0 Å². The van der Waals surface area contributed by atoms with Gasteiger partial charge in [0.1, 0.15) is 12.1 Å². The Balaban J connectivity index is 2.23. The molecule has 1 N–H and O–H groups in total. The van der Waals surface area contributed by atoms with Crippen molar-refractivity contribution >= 4 is 16.7 Å². The smallest absolute Gasteiger partial charge is 0.162 e. The summed E-state index contributed by atoms with van der Waals surface area (Å²) in [6.45, 7) is 2.15. The molecule has 3 rings (SSSR count). The molecule has 0 aliphatic rings. The van der Waals surface area contributed by atoms with Crippen LogP contribution < -0.4 is 5.32 Å². The Morgan fingerprint density at radius 3 is 2.85 bits per heavy atom. The maximum Gasteiger partial charge on any atom is 0.162 e. The van der Waals surface area contributed by atoms with Gasteiger partial charge in [-0.3, -0.25) is 0 Å². The van der Waals surface area contributed by atoms with E-state index in [0.717, 1.165) is 40.9 Å². The van der Waals surface area contributed by atoms with Gasteiger partial charge in [0.2, 0.25) is 0 Å². The van der Waals surface area contributed by atoms with Gasteiger partial charge in [-0.2, -0.15) is 5.10 Å². The number of benzene rings is 1. The van der Waals surface area contributed by atoms with Gasteiger partial charge in [-0.15, -0.1) is 0 Å². The molecule has 0 saturated heterocycles. The molecular formula is C15H17N5. The van der Waals surface area contributed by atoms with E-state index < -0.39 is 0 Å². The molecular weight excluding hydrogens is 250 g/mol. The lowest BCUT2D eigenvalue weighted by atomic mass is 10.1. The van der Waals surface area contributed by atoms with Crippen molar-refractivity contribution in [1.82, 2.24) is 19.7 Å². The van der Waals surface area contributed by atoms with Crippen LogP contribution in [0.2, 0.25) is 0 Å². The summed E-state index contributed by atoms with van der Waals surface area (Å²) in [7, 11) is 1.88. The van der Waals surface area contributed by atoms with Crippen molar-refractivity contribution in [3.8, 4) is 5.82 Å². The SMILES string of the molecule is CCCc1c(NC)ncnc1-n1ncc2ccccc21. The second-order valence-electron chi connectivity index (χ2n) is 4.64. The van der Waals surface area contributed by atoms with Crippen LogP contribution >= 0.6 is 0 Å². The molecule has 3 aromatic rings. The zero-order chi connectivity index (χ0) is 13.9. The van der Waals surface area contributed by atoms with Crippen molar-refractivity contribution in [3.63, 3.8) is 0 Å². The lowest BCUT2D eigenvalue weighted by Crippen LogP contribution is -2.09. The molecule has 0 atom stereocenters. The van der Waals surface area contributed by atoms with Crippen molar-refractivity contribution < 1.29 is 0 Å². The summed E-state index contributed by atoms with van der Waals surface area (Å²) >= 11 is 0. The van der Waals surface area contributed by atoms with E-state index >= 15 is 0 Å². The van der Waals surface area contributed by atoms with E-state index in [1.54, 1.807) is 6.33 Å². The Morgan fingerprint density at radius 1 is 1.20 bits per heavy atom. The maximum atomic E-state index is 4.48. The van der Waals surface area contributed by atoms with Gasteiger partial charge in [0.05, 0.1) is 11.7 Å². The van der Waals surface area contributed by atoms with Crippen molar-refractivity contribution in [2.24, 2.45) is 0 Å². The predicted octanol–water partition coefficient (Wildman–Crippen LogP) is 2.81. The Hall–Kier alpha value is -2.43. The quantitative estimate of drug-likeness (QED) is 0.789. The van der Waals surface area contributed by atoms with E-state index in [0.29, 0.717) is 0 Å². The Morgan fingerprint density at radius 2 is 2.05 bits per heavy atom. The lowest BCUT2D eigenvalue weighted by molar-refractivity contribution is 0.818. The van der Waals surface area contributed by atoms with Crippen LogP contribution in [-0.2, 0) is 6.42 Å². The Bertz CT molecular complexity index is 732. The number of hydrogen-bond donors (Lipinski definition) is 1. The molecule has 2 heterocycles. The third-order valence-electron chi connectivity index (χ3n) is 3.34. The van der Waals surface area contributed by atoms with Gasteiger partial charge < -0.3 is 5.32 Å². The fraction of sp³-hybridized carbons (Fsp3) is 0.267. The zero-order valence-electron chi connectivity index (χ0n) is 11.7. The molecule has 0 saturated carbocycles. The van der Waals surface area contributed by atoms with Crippen LogP contribution in [0.5, 0.6) is 0 Å². The lowest BCUT2D eigenvalue weighted by Gasteiger charge is -2.12. The summed E-state index contributed by atoms with van der Waals surface area (Å²) in [6, 6.07) is 8.14. The summed E-state index contributed by atoms with van der Waals surface area (Å²) in [5, 5.41) is 8.73. The molecule has 0 unspecified atom stereocenters. The van der Waals surface area contributed by atoms with Crippen LogP contribution in [0.25, 0.3) is 16.7 Å². The van der Waals surface area contributed by atoms with Crippen molar-refractivity contribution in [1.29, 1.82) is 0 Å². The summed E-state index contributed by atoms with van der Waals surface area (Å²) in [6.07, 6.45) is 5.40. The summed E-state index contributed by atoms with van der Waals surface area (Å²) in [5.74, 6) is 1.73. The van der Waals surface area contributed by atoms with Gasteiger partial charge in [-0.05, 0) is 12.5 Å². The highest BCUT2D eigenvalue weighted by Crippen LogP contribution is 2.23. The third-order valence-corrected chi connectivity index (χ3v) is 3.34. The van der Waals surface area contributed by atoms with E-state index in [9.17, 15) is 0 Å². The fourth-order valence-electron chi connectivity index (χ4n) is 2.42. The molecule has 0 aliphatic heterocycles. The highest BCUT2D eigenvalue weighted by molar-refractivity contribution is 5.80. The predicted molar refractivity (Wildman–Crippen MR) is 80.2 cm³/mol. The average molecular weight is 267 g/mol. The molecule has 0 amide bonds. The molecule has 1 aromatic carbocycles. The first kappa shape index (κ1) is 12.6. The molecule has 2 aromatic heterocycles. The van der Waals surface area contributed by atoms with E-state index in [-0.39, 0.29) is 0 Å². The molecule has 20 heavy (non-hydrogen) atoms. The molecule has 0 fully saturated rings. The van der Waals surface area contributed by atoms with Gasteiger partial charge in [-0.25, -0.2) is 14.6 Å². The largest absolute Gasteiger partial charge is 0.373 e. The topological polar surface area (TPSA) is 55.6 Å². The van der Waals surface area contributed by atoms with Gasteiger partial charge in [0, 0.05) is 18.0 Å². The third kappa shape index (κ3) is 2.01. The average Bonchev–Trinajstić information content (AvgIpc) is 2.92. The molecule has 0 aliphatic carbocycles. The standard InChI is InChI=1S/C15H17N5/c1-3-6-12-14(16-2)17-10-18-15(12)20-13-8-5-4-7-11(13)9-19-20/h4-5,7-10H,3,6H2,1-2H3,(H,16,17,18). The van der Waals surface area contributed by atoms with Gasteiger partial charge in [-0.1, -0.05) is 31.5 Å². The van der Waals surface area contributed by atoms with Crippen LogP contribution in [0.4, 0.5) is 5.82 Å². The molecule has 5 nitrogen and oxygen atoms in total. The summed E-state index contributed by atoms with van der Waals surface area (Å²) in [4.78, 5) is 8.75. The highest BCUT2D eigenvalue weighted by Gasteiger charge is 2.14. The van der Waals surface area contributed by atoms with Crippen LogP contribution in [-0.4, -0.2) is 26.8 Å². The van der Waals surface area contributed by atoms with E-state index in [1.165, 1.54) is 0 Å². The zero-order valence-corrected chi connectivity index (χ0v) is 11.7. The normalized spacial score (nSPS) is 10.9. The number of nitrogens with zero attached hydrogens (tertiary/aromatic N) is 4. The first-order valence-electron chi connectivity index (χ1n) is 6.80. The van der Waals surface area contributed by atoms with Gasteiger partial charge >= 0.3 is 0 Å². The second-order valence-corrected chi connectivity index (χ2v) is 4.64. The summed E-state index contributed by atoms with van der Waals surface area (Å²) in [5.41, 5.74) is 2.16. The Labute approximate surface area is 117 Å². The molecule has 5 heteroatoms. The van der Waals surface area contributed by atoms with E-state index in [1.807, 2.05) is 30.1 Å². The summed E-state index contributed by atoms with van der Waals surface area (Å²) < 4.78 is 1.89. The molecule has 0 spiro atoms. The maximum absolute atomic E-state index is 4.48. The van der Waals surface area contributed by atoms with E-state index in [4.69, 9.17) is 0 Å². The van der Waals surface area contributed by atoms with E-state index in [2.05, 4.69) is 39.4 Å². The van der Waals surface area contributed by atoms with Crippen molar-refractivity contribution in [2.45, 2.75) is 19.8 Å². The van der Waals surface area contributed by atoms with Crippen LogP contribution in [0, 0.1) is 0 Å². The first-order chi connectivity index (χ1) is 9.85. The minimum Gasteiger partial charge on any atom is -0.373 e. The molecule has 0 radical (unpaired) electrons. The molecule has 102 valence electrons. The number of aromatic nitrogens is 4. The van der Waals surface area contributed by atoms with Gasteiger partial charge in [0.15, 0.2) is 5.82 Å². The monoisotopic (exact) mass is 267 g/mol. The van der Waals surface area contributed by atoms with Crippen LogP contribution in [0.15, 0.2) is 36.8 Å². The number of para-hydroxylation sites is 1. The molecule has 0 bridgehead atoms. The van der Waals surface area contributed by atoms with Gasteiger partial charge in [0.25, 0.3) is 0 Å². The Kier molecular flexibility index (Phi) is 3.33. The number of rotatable bonds is 4. The second kappa shape index (κ2) is 5.28. The first-order valence-corrected chi connectivity index (χ1v) is 6.80. The highest BCUT2D eigenvalue weighted by atomic mass is 15.3. The minimum absolute atomic E-state index is 0.854. The van der Waals surface area contributed by atoms with Crippen molar-refractivity contribution in [3.05, 3.63) is 42.4 Å². The van der Waals surface area contributed by atoms with Crippen molar-refractivity contribution in [2.75, 3.05) is 12.4 Å². The number of anilines is 1. The number of nitrogens with one attached hydrogen (secondary N) is 1. The fourth-order valence-corrected chi connectivity index (χ4v) is 2.42.